The van der Waals surface area contributed by atoms with Gasteiger partial charge < -0.3 is 19.4 Å². The summed E-state index contributed by atoms with van der Waals surface area (Å²) in [5.41, 5.74) is 1.52. The lowest BCUT2D eigenvalue weighted by Gasteiger charge is -2.15. The van der Waals surface area contributed by atoms with Crippen LogP contribution in [0.5, 0.6) is 5.75 Å². The number of aryl methyl sites for hydroxylation is 1. The molecule has 35 heavy (non-hydrogen) atoms. The molecule has 8 nitrogen and oxygen atoms in total. The summed E-state index contributed by atoms with van der Waals surface area (Å²) in [6, 6.07) is 7.19. The molecule has 1 unspecified atom stereocenters. The van der Waals surface area contributed by atoms with Gasteiger partial charge in [0.25, 0.3) is 0 Å². The molecule has 0 fully saturated rings. The maximum Gasteiger partial charge on any atom is 0.341 e. The van der Waals surface area contributed by atoms with E-state index in [1.807, 2.05) is 30.5 Å². The fourth-order valence-corrected chi connectivity index (χ4v) is 6.29. The second kappa shape index (κ2) is 11.5. The molecule has 2 heterocycles. The molecule has 1 aromatic carbocycles. The SMILES string of the molecule is CCOC(=O)c1c(NC(=O)CSc2nnc(C(C)Oc3cccc(Cl)c3)n2CC)sc2c1CCC2. The first kappa shape index (κ1) is 25.5. The number of thiophene rings is 1. The maximum absolute atomic E-state index is 12.8. The number of hydrogen-bond donors (Lipinski definition) is 1. The number of halogens is 1. The van der Waals surface area contributed by atoms with Gasteiger partial charge in [-0.3, -0.25) is 4.79 Å². The van der Waals surface area contributed by atoms with E-state index in [4.69, 9.17) is 21.1 Å². The monoisotopic (exact) mass is 534 g/mol. The van der Waals surface area contributed by atoms with Crippen LogP contribution in [-0.2, 0) is 28.9 Å². The van der Waals surface area contributed by atoms with E-state index >= 15 is 0 Å². The van der Waals surface area contributed by atoms with Gasteiger partial charge in [0, 0.05) is 16.4 Å². The number of nitrogens with one attached hydrogen (secondary N) is 1. The molecule has 0 saturated heterocycles. The van der Waals surface area contributed by atoms with Crippen LogP contribution in [0.15, 0.2) is 29.4 Å². The van der Waals surface area contributed by atoms with Crippen molar-refractivity contribution in [2.45, 2.75) is 57.8 Å². The van der Waals surface area contributed by atoms with Gasteiger partial charge in [0.05, 0.1) is 17.9 Å². The highest BCUT2D eigenvalue weighted by molar-refractivity contribution is 7.99. The third-order valence-corrected chi connectivity index (χ3v) is 7.93. The van der Waals surface area contributed by atoms with Crippen molar-refractivity contribution in [1.29, 1.82) is 0 Å². The minimum absolute atomic E-state index is 0.131. The summed E-state index contributed by atoms with van der Waals surface area (Å²) in [6.07, 6.45) is 2.42. The summed E-state index contributed by atoms with van der Waals surface area (Å²) >= 11 is 8.81. The summed E-state index contributed by atoms with van der Waals surface area (Å²) < 4.78 is 13.2. The predicted octanol–water partition coefficient (Wildman–Crippen LogP) is 5.55. The third kappa shape index (κ3) is 5.82. The lowest BCUT2D eigenvalue weighted by Crippen LogP contribution is -2.17. The first-order valence-electron chi connectivity index (χ1n) is 11.5. The Morgan fingerprint density at radius 2 is 2.11 bits per heavy atom. The van der Waals surface area contributed by atoms with Crippen LogP contribution in [0.25, 0.3) is 0 Å². The number of ether oxygens (including phenoxy) is 2. The second-order valence-electron chi connectivity index (χ2n) is 7.92. The number of hydrogen-bond acceptors (Lipinski definition) is 8. The number of amides is 1. The molecule has 3 aromatic rings. The summed E-state index contributed by atoms with van der Waals surface area (Å²) in [6.45, 7) is 6.58. The molecule has 0 bridgehead atoms. The minimum Gasteiger partial charge on any atom is -0.483 e. The van der Waals surface area contributed by atoms with Crippen molar-refractivity contribution in [2.75, 3.05) is 17.7 Å². The normalized spacial score (nSPS) is 13.4. The number of thioether (sulfide) groups is 1. The van der Waals surface area contributed by atoms with Crippen LogP contribution in [-0.4, -0.2) is 39.0 Å². The van der Waals surface area contributed by atoms with Gasteiger partial charge >= 0.3 is 5.97 Å². The number of anilines is 1. The van der Waals surface area contributed by atoms with Crippen molar-refractivity contribution in [3.63, 3.8) is 0 Å². The van der Waals surface area contributed by atoms with Gasteiger partial charge in [-0.05, 0) is 63.8 Å². The first-order chi connectivity index (χ1) is 16.9. The maximum atomic E-state index is 12.8. The summed E-state index contributed by atoms with van der Waals surface area (Å²) in [5, 5.41) is 13.3. The predicted molar refractivity (Wildman–Crippen MR) is 138 cm³/mol. The molecule has 0 aliphatic heterocycles. The Morgan fingerprint density at radius 1 is 1.29 bits per heavy atom. The van der Waals surface area contributed by atoms with E-state index in [9.17, 15) is 9.59 Å². The van der Waals surface area contributed by atoms with Crippen LogP contribution in [0.2, 0.25) is 5.02 Å². The number of aromatic nitrogens is 3. The number of nitrogens with zero attached hydrogens (tertiary/aromatic N) is 3. The van der Waals surface area contributed by atoms with Gasteiger partial charge in [-0.1, -0.05) is 29.4 Å². The van der Waals surface area contributed by atoms with Crippen LogP contribution in [0.3, 0.4) is 0 Å². The molecule has 1 atom stereocenters. The van der Waals surface area contributed by atoms with E-state index in [-0.39, 0.29) is 23.7 Å². The molecule has 0 spiro atoms. The molecular formula is C24H27ClN4O4S2. The molecular weight excluding hydrogens is 508 g/mol. The van der Waals surface area contributed by atoms with Crippen LogP contribution < -0.4 is 10.1 Å². The Bertz CT molecular complexity index is 1230. The van der Waals surface area contributed by atoms with E-state index < -0.39 is 0 Å². The smallest absolute Gasteiger partial charge is 0.341 e. The van der Waals surface area contributed by atoms with Gasteiger partial charge in [-0.2, -0.15) is 0 Å². The van der Waals surface area contributed by atoms with Crippen LogP contribution in [0.4, 0.5) is 5.00 Å². The Balaban J connectivity index is 1.42. The molecule has 4 rings (SSSR count). The number of benzene rings is 1. The van der Waals surface area contributed by atoms with Crippen molar-refractivity contribution in [2.24, 2.45) is 0 Å². The lowest BCUT2D eigenvalue weighted by atomic mass is 10.1. The zero-order valence-electron chi connectivity index (χ0n) is 19.8. The van der Waals surface area contributed by atoms with Crippen molar-refractivity contribution in [3.8, 4) is 5.75 Å². The standard InChI is InChI=1S/C24H27ClN4O4S2/c1-4-29-21(14(3)33-16-9-6-8-15(25)12-16)27-28-24(29)34-13-19(30)26-22-20(23(31)32-5-2)17-10-7-11-18(17)35-22/h6,8-9,12,14H,4-5,7,10-11,13H2,1-3H3,(H,26,30). The fourth-order valence-electron chi connectivity index (χ4n) is 4.01. The Labute approximate surface area is 217 Å². The van der Waals surface area contributed by atoms with Gasteiger partial charge in [0.2, 0.25) is 5.91 Å². The summed E-state index contributed by atoms with van der Waals surface area (Å²) in [7, 11) is 0. The average Bonchev–Trinajstić information content (AvgIpc) is 3.51. The zero-order valence-corrected chi connectivity index (χ0v) is 22.2. The quantitative estimate of drug-likeness (QED) is 0.269. The van der Waals surface area contributed by atoms with Crippen molar-refractivity contribution >= 4 is 51.6 Å². The summed E-state index contributed by atoms with van der Waals surface area (Å²) in [5.74, 6) is 0.848. The Morgan fingerprint density at radius 3 is 2.86 bits per heavy atom. The van der Waals surface area contributed by atoms with Gasteiger partial charge in [-0.15, -0.1) is 21.5 Å². The topological polar surface area (TPSA) is 95.3 Å². The largest absolute Gasteiger partial charge is 0.483 e. The lowest BCUT2D eigenvalue weighted by molar-refractivity contribution is -0.113. The van der Waals surface area contributed by atoms with Gasteiger partial charge in [0.15, 0.2) is 17.1 Å². The highest BCUT2D eigenvalue weighted by Gasteiger charge is 2.28. The van der Waals surface area contributed by atoms with Gasteiger partial charge in [-0.25, -0.2) is 4.79 Å². The number of esters is 1. The molecule has 1 amide bonds. The zero-order chi connectivity index (χ0) is 24.9. The highest BCUT2D eigenvalue weighted by atomic mass is 35.5. The molecule has 0 radical (unpaired) electrons. The van der Waals surface area contributed by atoms with E-state index in [1.54, 1.807) is 19.1 Å². The van der Waals surface area contributed by atoms with Crippen molar-refractivity contribution in [1.82, 2.24) is 14.8 Å². The fraction of sp³-hybridized carbons (Fsp3) is 0.417. The number of carbonyl (C=O) groups excluding carboxylic acids is 2. The van der Waals surface area contributed by atoms with E-state index in [0.717, 1.165) is 29.7 Å². The summed E-state index contributed by atoms with van der Waals surface area (Å²) in [4.78, 5) is 26.5. The minimum atomic E-state index is -0.376. The molecule has 1 aliphatic rings. The van der Waals surface area contributed by atoms with Crippen LogP contribution >= 0.6 is 34.7 Å². The van der Waals surface area contributed by atoms with E-state index in [0.29, 0.717) is 45.5 Å². The average molecular weight is 535 g/mol. The molecule has 0 saturated carbocycles. The molecule has 1 N–H and O–H groups in total. The molecule has 11 heteroatoms. The van der Waals surface area contributed by atoms with E-state index in [1.165, 1.54) is 23.1 Å². The Hall–Kier alpha value is -2.56. The number of rotatable bonds is 10. The molecule has 1 aliphatic carbocycles. The van der Waals surface area contributed by atoms with Crippen molar-refractivity contribution < 1.29 is 19.1 Å². The van der Waals surface area contributed by atoms with Crippen molar-refractivity contribution in [3.05, 3.63) is 51.1 Å². The van der Waals surface area contributed by atoms with Crippen LogP contribution in [0, 0.1) is 0 Å². The number of carbonyl (C=O) groups is 2. The first-order valence-corrected chi connectivity index (χ1v) is 13.7. The molecule has 2 aromatic heterocycles. The Kier molecular flexibility index (Phi) is 8.35. The van der Waals surface area contributed by atoms with E-state index in [2.05, 4.69) is 15.5 Å². The third-order valence-electron chi connectivity index (χ3n) is 5.52. The number of fused-ring (bicyclic) bond motifs is 1. The molecule has 186 valence electrons. The van der Waals surface area contributed by atoms with Crippen LogP contribution in [0.1, 0.15) is 59.9 Å². The second-order valence-corrected chi connectivity index (χ2v) is 10.4. The highest BCUT2D eigenvalue weighted by Crippen LogP contribution is 2.39. The van der Waals surface area contributed by atoms with Gasteiger partial charge in [0.1, 0.15) is 10.8 Å².